The van der Waals surface area contributed by atoms with Gasteiger partial charge in [0.2, 0.25) is 0 Å². The SMILES string of the molecule is O=C(N[C@H]1CCN(c2ccccc2)C1)N1CCC([C@@H]2CCCO2)CC1. The van der Waals surface area contributed by atoms with Crippen molar-refractivity contribution in [3.8, 4) is 0 Å². The van der Waals surface area contributed by atoms with Gasteiger partial charge >= 0.3 is 6.03 Å². The van der Waals surface area contributed by atoms with Crippen LogP contribution in [-0.2, 0) is 4.74 Å². The Morgan fingerprint density at radius 1 is 1.04 bits per heavy atom. The van der Waals surface area contributed by atoms with Crippen molar-refractivity contribution in [3.63, 3.8) is 0 Å². The molecule has 0 bridgehead atoms. The predicted octanol–water partition coefficient (Wildman–Crippen LogP) is 2.87. The summed E-state index contributed by atoms with van der Waals surface area (Å²) in [7, 11) is 0. The lowest BCUT2D eigenvalue weighted by Gasteiger charge is -2.35. The highest BCUT2D eigenvalue weighted by atomic mass is 16.5. The number of hydrogen-bond donors (Lipinski definition) is 1. The molecule has 0 spiro atoms. The molecule has 25 heavy (non-hydrogen) atoms. The van der Waals surface area contributed by atoms with E-state index in [9.17, 15) is 4.79 Å². The first-order valence-corrected chi connectivity index (χ1v) is 9.76. The molecule has 0 aliphatic carbocycles. The van der Waals surface area contributed by atoms with E-state index >= 15 is 0 Å². The molecule has 136 valence electrons. The Bertz CT molecular complexity index is 566. The number of benzene rings is 1. The number of carbonyl (C=O) groups excluding carboxylic acids is 1. The number of amides is 2. The van der Waals surface area contributed by atoms with Crippen molar-refractivity contribution in [3.05, 3.63) is 30.3 Å². The Kier molecular flexibility index (Phi) is 5.11. The van der Waals surface area contributed by atoms with E-state index in [-0.39, 0.29) is 12.1 Å². The summed E-state index contributed by atoms with van der Waals surface area (Å²) in [5.74, 6) is 0.645. The maximum absolute atomic E-state index is 12.6. The molecule has 1 N–H and O–H groups in total. The van der Waals surface area contributed by atoms with E-state index in [1.54, 1.807) is 0 Å². The zero-order chi connectivity index (χ0) is 17.1. The van der Waals surface area contributed by atoms with Crippen molar-refractivity contribution in [2.24, 2.45) is 5.92 Å². The molecule has 1 aromatic rings. The number of rotatable bonds is 3. The number of hydrogen-bond acceptors (Lipinski definition) is 3. The Morgan fingerprint density at radius 3 is 2.56 bits per heavy atom. The first-order chi connectivity index (χ1) is 12.3. The highest BCUT2D eigenvalue weighted by Crippen LogP contribution is 2.29. The molecule has 5 heteroatoms. The lowest BCUT2D eigenvalue weighted by Crippen LogP contribution is -2.49. The van der Waals surface area contributed by atoms with Crippen LogP contribution in [0, 0.1) is 5.92 Å². The van der Waals surface area contributed by atoms with Crippen LogP contribution in [0.1, 0.15) is 32.1 Å². The summed E-state index contributed by atoms with van der Waals surface area (Å²) in [4.78, 5) is 16.9. The van der Waals surface area contributed by atoms with Crippen LogP contribution >= 0.6 is 0 Å². The smallest absolute Gasteiger partial charge is 0.317 e. The van der Waals surface area contributed by atoms with Crippen LogP contribution < -0.4 is 10.2 Å². The van der Waals surface area contributed by atoms with Crippen LogP contribution in [0.4, 0.5) is 10.5 Å². The normalized spacial score (nSPS) is 27.7. The van der Waals surface area contributed by atoms with Crippen molar-refractivity contribution >= 4 is 11.7 Å². The van der Waals surface area contributed by atoms with E-state index in [0.29, 0.717) is 12.0 Å². The fourth-order valence-electron chi connectivity index (χ4n) is 4.47. The minimum Gasteiger partial charge on any atom is -0.378 e. The quantitative estimate of drug-likeness (QED) is 0.918. The van der Waals surface area contributed by atoms with Crippen LogP contribution in [-0.4, -0.2) is 55.9 Å². The minimum atomic E-state index is 0.116. The molecular formula is C20H29N3O2. The van der Waals surface area contributed by atoms with Gasteiger partial charge < -0.3 is 19.9 Å². The average Bonchev–Trinajstić information content (AvgIpc) is 3.35. The summed E-state index contributed by atoms with van der Waals surface area (Å²) < 4.78 is 5.83. The molecule has 3 aliphatic rings. The van der Waals surface area contributed by atoms with E-state index < -0.39 is 0 Å². The molecule has 2 atom stereocenters. The summed E-state index contributed by atoms with van der Waals surface area (Å²) in [6.45, 7) is 4.57. The Morgan fingerprint density at radius 2 is 1.84 bits per heavy atom. The molecule has 4 rings (SSSR count). The van der Waals surface area contributed by atoms with Gasteiger partial charge in [-0.1, -0.05) is 18.2 Å². The molecule has 5 nitrogen and oxygen atoms in total. The molecule has 0 aromatic heterocycles. The number of para-hydroxylation sites is 1. The highest BCUT2D eigenvalue weighted by Gasteiger charge is 2.32. The first-order valence-electron chi connectivity index (χ1n) is 9.76. The molecule has 3 heterocycles. The van der Waals surface area contributed by atoms with Gasteiger partial charge in [-0.25, -0.2) is 4.79 Å². The number of nitrogens with one attached hydrogen (secondary N) is 1. The number of likely N-dealkylation sites (tertiary alicyclic amines) is 1. The molecule has 3 aliphatic heterocycles. The highest BCUT2D eigenvalue weighted by molar-refractivity contribution is 5.74. The van der Waals surface area contributed by atoms with Gasteiger partial charge in [0.15, 0.2) is 0 Å². The number of carbonyl (C=O) groups is 1. The van der Waals surface area contributed by atoms with Gasteiger partial charge in [-0.15, -0.1) is 0 Å². The molecule has 1 aromatic carbocycles. The maximum atomic E-state index is 12.6. The average molecular weight is 343 g/mol. The van der Waals surface area contributed by atoms with E-state index in [2.05, 4.69) is 34.5 Å². The van der Waals surface area contributed by atoms with Crippen LogP contribution in [0.25, 0.3) is 0 Å². The van der Waals surface area contributed by atoms with E-state index in [1.807, 2.05) is 11.0 Å². The Balaban J connectivity index is 1.23. The van der Waals surface area contributed by atoms with Crippen LogP contribution in [0.15, 0.2) is 30.3 Å². The van der Waals surface area contributed by atoms with Crippen molar-refractivity contribution in [1.82, 2.24) is 10.2 Å². The van der Waals surface area contributed by atoms with Gasteiger partial charge in [0.1, 0.15) is 0 Å². The second-order valence-electron chi connectivity index (χ2n) is 7.59. The summed E-state index contributed by atoms with van der Waals surface area (Å²) >= 11 is 0. The molecule has 0 unspecified atom stereocenters. The number of anilines is 1. The van der Waals surface area contributed by atoms with Crippen molar-refractivity contribution in [1.29, 1.82) is 0 Å². The first kappa shape index (κ1) is 16.7. The summed E-state index contributed by atoms with van der Waals surface area (Å²) in [5, 5.41) is 3.25. The molecule has 2 amide bonds. The van der Waals surface area contributed by atoms with Crippen molar-refractivity contribution in [2.45, 2.75) is 44.2 Å². The van der Waals surface area contributed by atoms with E-state index in [1.165, 1.54) is 18.5 Å². The summed E-state index contributed by atoms with van der Waals surface area (Å²) in [5.41, 5.74) is 1.25. The number of ether oxygens (including phenoxy) is 1. The zero-order valence-electron chi connectivity index (χ0n) is 14.9. The monoisotopic (exact) mass is 343 g/mol. The third-order valence-corrected chi connectivity index (χ3v) is 5.95. The van der Waals surface area contributed by atoms with E-state index in [4.69, 9.17) is 4.74 Å². The predicted molar refractivity (Wildman–Crippen MR) is 98.9 cm³/mol. The molecule has 0 saturated carbocycles. The van der Waals surface area contributed by atoms with Crippen LogP contribution in [0.3, 0.4) is 0 Å². The van der Waals surface area contributed by atoms with E-state index in [0.717, 1.165) is 52.0 Å². The van der Waals surface area contributed by atoms with Gasteiger partial charge in [-0.05, 0) is 50.2 Å². The molecule has 0 radical (unpaired) electrons. The third-order valence-electron chi connectivity index (χ3n) is 5.95. The second-order valence-corrected chi connectivity index (χ2v) is 7.59. The van der Waals surface area contributed by atoms with Crippen molar-refractivity contribution in [2.75, 3.05) is 37.7 Å². The fourth-order valence-corrected chi connectivity index (χ4v) is 4.47. The topological polar surface area (TPSA) is 44.8 Å². The lowest BCUT2D eigenvalue weighted by atomic mass is 9.90. The zero-order valence-corrected chi connectivity index (χ0v) is 14.9. The van der Waals surface area contributed by atoms with Gasteiger partial charge in [0, 0.05) is 44.5 Å². The largest absolute Gasteiger partial charge is 0.378 e. The van der Waals surface area contributed by atoms with Gasteiger partial charge in [0.05, 0.1) is 6.10 Å². The molecule has 3 saturated heterocycles. The fraction of sp³-hybridized carbons (Fsp3) is 0.650. The van der Waals surface area contributed by atoms with Crippen LogP contribution in [0.2, 0.25) is 0 Å². The summed E-state index contributed by atoms with van der Waals surface area (Å²) in [6.07, 6.45) is 6.03. The number of urea groups is 1. The lowest BCUT2D eigenvalue weighted by molar-refractivity contribution is 0.0371. The van der Waals surface area contributed by atoms with Crippen LogP contribution in [0.5, 0.6) is 0 Å². The number of piperidine rings is 1. The van der Waals surface area contributed by atoms with Gasteiger partial charge in [-0.2, -0.15) is 0 Å². The van der Waals surface area contributed by atoms with Gasteiger partial charge in [0.25, 0.3) is 0 Å². The maximum Gasteiger partial charge on any atom is 0.317 e. The minimum absolute atomic E-state index is 0.116. The van der Waals surface area contributed by atoms with Gasteiger partial charge in [-0.3, -0.25) is 0 Å². The third kappa shape index (κ3) is 3.92. The summed E-state index contributed by atoms with van der Waals surface area (Å²) in [6, 6.07) is 10.8. The second kappa shape index (κ2) is 7.65. The number of nitrogens with zero attached hydrogens (tertiary/aromatic N) is 2. The standard InChI is InChI=1S/C20H29N3O2/c24-20(22-11-8-16(9-12-22)19-7-4-14-25-19)21-17-10-13-23(15-17)18-5-2-1-3-6-18/h1-3,5-6,16-17,19H,4,7-15H2,(H,21,24)/t17-,19-/m0/s1. The van der Waals surface area contributed by atoms with Crippen molar-refractivity contribution < 1.29 is 9.53 Å². The molecule has 3 fully saturated rings. The Hall–Kier alpha value is -1.75. The molecular weight excluding hydrogens is 314 g/mol. The Labute approximate surface area is 150 Å².